The van der Waals surface area contributed by atoms with Crippen LogP contribution in [0.25, 0.3) is 0 Å². The van der Waals surface area contributed by atoms with Crippen molar-refractivity contribution >= 4 is 35.0 Å². The molecule has 2 amide bonds. The van der Waals surface area contributed by atoms with Gasteiger partial charge < -0.3 is 15.5 Å². The van der Waals surface area contributed by atoms with Gasteiger partial charge in [-0.1, -0.05) is 12.1 Å². The van der Waals surface area contributed by atoms with E-state index < -0.39 is 0 Å². The van der Waals surface area contributed by atoms with Crippen LogP contribution in [-0.4, -0.2) is 31.2 Å². The lowest BCUT2D eigenvalue weighted by atomic mass is 10.1. The zero-order valence-corrected chi connectivity index (χ0v) is 17.3. The van der Waals surface area contributed by atoms with Gasteiger partial charge in [0.05, 0.1) is 11.3 Å². The van der Waals surface area contributed by atoms with Gasteiger partial charge in [-0.25, -0.2) is 0 Å². The van der Waals surface area contributed by atoms with E-state index in [1.807, 2.05) is 24.5 Å². The highest BCUT2D eigenvalue weighted by Gasteiger charge is 2.19. The number of nitrogens with one attached hydrogen (secondary N) is 2. The fraction of sp³-hybridized carbons (Fsp3) is 0.364. The van der Waals surface area contributed by atoms with Gasteiger partial charge in [0.1, 0.15) is 0 Å². The first-order valence-corrected chi connectivity index (χ1v) is 10.9. The third-order valence-electron chi connectivity index (χ3n) is 4.87. The first-order valence-electron chi connectivity index (χ1n) is 9.64. The number of thioether (sulfide) groups is 1. The molecular formula is C22H27N3O2S. The molecule has 0 atom stereocenters. The Morgan fingerprint density at radius 3 is 2.39 bits per heavy atom. The summed E-state index contributed by atoms with van der Waals surface area (Å²) in [6, 6.07) is 13.7. The molecule has 1 aliphatic heterocycles. The van der Waals surface area contributed by atoms with E-state index in [4.69, 9.17) is 0 Å². The van der Waals surface area contributed by atoms with E-state index in [0.717, 1.165) is 42.9 Å². The quantitative estimate of drug-likeness (QED) is 0.714. The number of amides is 2. The summed E-state index contributed by atoms with van der Waals surface area (Å²) < 4.78 is 0. The molecule has 2 aromatic carbocycles. The lowest BCUT2D eigenvalue weighted by Crippen LogP contribution is -2.32. The van der Waals surface area contributed by atoms with E-state index in [0.29, 0.717) is 12.1 Å². The highest BCUT2D eigenvalue weighted by Crippen LogP contribution is 2.28. The normalized spacial score (nSPS) is 13.9. The van der Waals surface area contributed by atoms with Crippen LogP contribution in [0.15, 0.2) is 47.4 Å². The molecule has 0 saturated carbocycles. The van der Waals surface area contributed by atoms with Crippen molar-refractivity contribution in [3.05, 3.63) is 53.6 Å². The summed E-state index contributed by atoms with van der Waals surface area (Å²) in [5.41, 5.74) is 3.33. The summed E-state index contributed by atoms with van der Waals surface area (Å²) in [5, 5.41) is 5.85. The Balaban J connectivity index is 1.77. The largest absolute Gasteiger partial charge is 0.371 e. The van der Waals surface area contributed by atoms with E-state index >= 15 is 0 Å². The van der Waals surface area contributed by atoms with Crippen molar-refractivity contribution in [1.29, 1.82) is 0 Å². The van der Waals surface area contributed by atoms with Crippen molar-refractivity contribution in [2.24, 2.45) is 0 Å². The van der Waals surface area contributed by atoms with Crippen LogP contribution in [-0.2, 0) is 11.3 Å². The monoisotopic (exact) mass is 397 g/mol. The standard InChI is InChI=1S/C22H27N3O2S/c1-16(26)24-18-8-11-20(21(14-18)25-12-4-3-5-13-25)22(27)23-15-17-6-9-19(28-2)10-7-17/h6-11,14H,3-5,12-13,15H2,1-2H3,(H,23,27)(H,24,26). The van der Waals surface area contributed by atoms with Gasteiger partial charge in [0.2, 0.25) is 5.91 Å². The zero-order chi connectivity index (χ0) is 19.9. The minimum Gasteiger partial charge on any atom is -0.371 e. The number of hydrogen-bond donors (Lipinski definition) is 2. The molecule has 0 bridgehead atoms. The molecule has 1 aliphatic rings. The number of anilines is 2. The summed E-state index contributed by atoms with van der Waals surface area (Å²) in [5.74, 6) is -0.209. The Morgan fingerprint density at radius 2 is 1.75 bits per heavy atom. The van der Waals surface area contributed by atoms with Gasteiger partial charge in [0.15, 0.2) is 0 Å². The van der Waals surface area contributed by atoms with Gasteiger partial charge in [-0.15, -0.1) is 11.8 Å². The number of piperidine rings is 1. The molecule has 3 rings (SSSR count). The average molecular weight is 398 g/mol. The first kappa shape index (κ1) is 20.3. The van der Waals surface area contributed by atoms with Crippen LogP contribution >= 0.6 is 11.8 Å². The van der Waals surface area contributed by atoms with Gasteiger partial charge in [0.25, 0.3) is 5.91 Å². The van der Waals surface area contributed by atoms with Crippen molar-refractivity contribution in [2.75, 3.05) is 29.6 Å². The second-order valence-electron chi connectivity index (χ2n) is 6.99. The molecule has 0 radical (unpaired) electrons. The second kappa shape index (κ2) is 9.64. The summed E-state index contributed by atoms with van der Waals surface area (Å²) in [4.78, 5) is 27.8. The van der Waals surface area contributed by atoms with Gasteiger partial charge in [-0.05, 0) is 61.4 Å². The number of carbonyl (C=O) groups is 2. The SMILES string of the molecule is CSc1ccc(CNC(=O)c2ccc(NC(C)=O)cc2N2CCCCC2)cc1. The van der Waals surface area contributed by atoms with Gasteiger partial charge in [-0.2, -0.15) is 0 Å². The van der Waals surface area contributed by atoms with Gasteiger partial charge in [0, 0.05) is 37.1 Å². The minimum absolute atomic E-state index is 0.0936. The summed E-state index contributed by atoms with van der Waals surface area (Å²) in [6.07, 6.45) is 5.50. The van der Waals surface area contributed by atoms with E-state index in [1.165, 1.54) is 18.2 Å². The molecule has 148 valence electrons. The molecule has 0 aromatic heterocycles. The Labute approximate surface area is 170 Å². The molecular weight excluding hydrogens is 370 g/mol. The molecule has 1 saturated heterocycles. The lowest BCUT2D eigenvalue weighted by molar-refractivity contribution is -0.114. The topological polar surface area (TPSA) is 61.4 Å². The molecule has 2 aromatic rings. The fourth-order valence-electron chi connectivity index (χ4n) is 3.42. The Kier molecular flexibility index (Phi) is 6.98. The van der Waals surface area contributed by atoms with E-state index in [1.54, 1.807) is 23.9 Å². The maximum Gasteiger partial charge on any atom is 0.253 e. The van der Waals surface area contributed by atoms with Crippen molar-refractivity contribution < 1.29 is 9.59 Å². The molecule has 0 spiro atoms. The Hall–Kier alpha value is -2.47. The predicted molar refractivity (Wildman–Crippen MR) is 116 cm³/mol. The second-order valence-corrected chi connectivity index (χ2v) is 7.87. The molecule has 1 heterocycles. The number of hydrogen-bond acceptors (Lipinski definition) is 4. The molecule has 2 N–H and O–H groups in total. The van der Waals surface area contributed by atoms with E-state index in [-0.39, 0.29) is 11.8 Å². The number of nitrogens with zero attached hydrogens (tertiary/aromatic N) is 1. The fourth-order valence-corrected chi connectivity index (χ4v) is 3.83. The smallest absolute Gasteiger partial charge is 0.253 e. The van der Waals surface area contributed by atoms with Crippen LogP contribution in [0.4, 0.5) is 11.4 Å². The zero-order valence-electron chi connectivity index (χ0n) is 16.5. The molecule has 5 nitrogen and oxygen atoms in total. The molecule has 28 heavy (non-hydrogen) atoms. The molecule has 6 heteroatoms. The number of benzene rings is 2. The summed E-state index contributed by atoms with van der Waals surface area (Å²) in [7, 11) is 0. The first-order chi connectivity index (χ1) is 13.6. The molecule has 0 aliphatic carbocycles. The third-order valence-corrected chi connectivity index (χ3v) is 5.62. The molecule has 0 unspecified atom stereocenters. The van der Waals surface area contributed by atoms with Crippen molar-refractivity contribution in [2.45, 2.75) is 37.6 Å². The minimum atomic E-state index is -0.115. The van der Waals surface area contributed by atoms with Crippen LogP contribution in [0.5, 0.6) is 0 Å². The predicted octanol–water partition coefficient (Wildman–Crippen LogP) is 4.29. The highest BCUT2D eigenvalue weighted by molar-refractivity contribution is 7.98. The third kappa shape index (κ3) is 5.29. The van der Waals surface area contributed by atoms with E-state index in [9.17, 15) is 9.59 Å². The number of rotatable bonds is 6. The lowest BCUT2D eigenvalue weighted by Gasteiger charge is -2.30. The Bertz CT molecular complexity index is 830. The van der Waals surface area contributed by atoms with E-state index in [2.05, 4.69) is 27.7 Å². The van der Waals surface area contributed by atoms with Crippen molar-refractivity contribution in [1.82, 2.24) is 5.32 Å². The number of carbonyl (C=O) groups excluding carboxylic acids is 2. The van der Waals surface area contributed by atoms with Gasteiger partial charge in [-0.3, -0.25) is 9.59 Å². The summed E-state index contributed by atoms with van der Waals surface area (Å²) in [6.45, 7) is 3.84. The molecule has 1 fully saturated rings. The average Bonchev–Trinajstić information content (AvgIpc) is 2.72. The van der Waals surface area contributed by atoms with Crippen molar-refractivity contribution in [3.63, 3.8) is 0 Å². The maximum absolute atomic E-state index is 12.9. The van der Waals surface area contributed by atoms with Crippen LogP contribution in [0.1, 0.15) is 42.1 Å². The summed E-state index contributed by atoms with van der Waals surface area (Å²) >= 11 is 1.70. The van der Waals surface area contributed by atoms with Crippen LogP contribution in [0.3, 0.4) is 0 Å². The van der Waals surface area contributed by atoms with Crippen LogP contribution in [0, 0.1) is 0 Å². The van der Waals surface area contributed by atoms with Crippen molar-refractivity contribution in [3.8, 4) is 0 Å². The highest BCUT2D eigenvalue weighted by atomic mass is 32.2. The maximum atomic E-state index is 12.9. The van der Waals surface area contributed by atoms with Crippen LogP contribution in [0.2, 0.25) is 0 Å². The Morgan fingerprint density at radius 1 is 1.04 bits per heavy atom. The van der Waals surface area contributed by atoms with Crippen LogP contribution < -0.4 is 15.5 Å². The van der Waals surface area contributed by atoms with Gasteiger partial charge >= 0.3 is 0 Å².